The van der Waals surface area contributed by atoms with Gasteiger partial charge in [0.05, 0.1) is 0 Å². The molecule has 0 atom stereocenters. The summed E-state index contributed by atoms with van der Waals surface area (Å²) in [5.74, 6) is 0.519. The van der Waals surface area contributed by atoms with Crippen LogP contribution in [0.4, 0.5) is 0 Å². The van der Waals surface area contributed by atoms with Crippen LogP contribution in [0.1, 0.15) is 45.6 Å². The van der Waals surface area contributed by atoms with E-state index in [9.17, 15) is 9.90 Å². The molecule has 0 aliphatic rings. The third kappa shape index (κ3) is 7.87. The zero-order valence-electron chi connectivity index (χ0n) is 16.3. The van der Waals surface area contributed by atoms with Crippen LogP contribution in [-0.2, 0) is 11.3 Å². The maximum atomic E-state index is 12.0. The SMILES string of the molecule is CCNC(=NCC(=O)NCc1ccccc1)NCC(CC)(CC)CCO. The van der Waals surface area contributed by atoms with Crippen molar-refractivity contribution in [3.63, 3.8) is 0 Å². The fraction of sp³-hybridized carbons (Fsp3) is 0.600. The molecule has 6 nitrogen and oxygen atoms in total. The fourth-order valence-corrected chi connectivity index (χ4v) is 2.80. The van der Waals surface area contributed by atoms with E-state index in [4.69, 9.17) is 0 Å². The smallest absolute Gasteiger partial charge is 0.242 e. The van der Waals surface area contributed by atoms with Gasteiger partial charge in [0, 0.05) is 26.2 Å². The third-order valence-electron chi connectivity index (χ3n) is 4.83. The summed E-state index contributed by atoms with van der Waals surface area (Å²) in [6, 6.07) is 9.81. The highest BCUT2D eigenvalue weighted by Gasteiger charge is 2.25. The topological polar surface area (TPSA) is 85.8 Å². The predicted molar refractivity (Wildman–Crippen MR) is 107 cm³/mol. The second-order valence-electron chi connectivity index (χ2n) is 6.49. The summed E-state index contributed by atoms with van der Waals surface area (Å²) in [5, 5.41) is 18.7. The maximum Gasteiger partial charge on any atom is 0.242 e. The van der Waals surface area contributed by atoms with E-state index in [1.54, 1.807) is 0 Å². The van der Waals surface area contributed by atoms with Crippen LogP contribution in [0, 0.1) is 5.41 Å². The van der Waals surface area contributed by atoms with E-state index in [0.29, 0.717) is 12.5 Å². The van der Waals surface area contributed by atoms with Gasteiger partial charge in [0.25, 0.3) is 0 Å². The number of nitrogens with one attached hydrogen (secondary N) is 3. The molecule has 0 fully saturated rings. The van der Waals surface area contributed by atoms with Gasteiger partial charge in [0.2, 0.25) is 5.91 Å². The molecule has 26 heavy (non-hydrogen) atoms. The van der Waals surface area contributed by atoms with Crippen molar-refractivity contribution in [3.8, 4) is 0 Å². The summed E-state index contributed by atoms with van der Waals surface area (Å²) in [7, 11) is 0. The Bertz CT molecular complexity index is 542. The third-order valence-corrected chi connectivity index (χ3v) is 4.83. The number of hydrogen-bond donors (Lipinski definition) is 4. The first-order chi connectivity index (χ1) is 12.6. The number of aliphatic imine (C=N–C) groups is 1. The molecule has 146 valence electrons. The number of carbonyl (C=O) groups is 1. The number of nitrogens with zero attached hydrogens (tertiary/aromatic N) is 1. The molecular weight excluding hydrogens is 328 g/mol. The van der Waals surface area contributed by atoms with Crippen LogP contribution in [0.3, 0.4) is 0 Å². The molecule has 0 spiro atoms. The number of aliphatic hydroxyl groups is 1. The van der Waals surface area contributed by atoms with Gasteiger partial charge in [-0.15, -0.1) is 0 Å². The highest BCUT2D eigenvalue weighted by Crippen LogP contribution is 2.29. The number of aliphatic hydroxyl groups excluding tert-OH is 1. The normalized spacial score (nSPS) is 11.9. The summed E-state index contributed by atoms with van der Waals surface area (Å²) < 4.78 is 0. The Hall–Kier alpha value is -2.08. The van der Waals surface area contributed by atoms with E-state index < -0.39 is 0 Å². The minimum atomic E-state index is -0.112. The van der Waals surface area contributed by atoms with Crippen molar-refractivity contribution < 1.29 is 9.90 Å². The van der Waals surface area contributed by atoms with Crippen LogP contribution in [0.2, 0.25) is 0 Å². The lowest BCUT2D eigenvalue weighted by Gasteiger charge is -2.32. The molecule has 0 aromatic heterocycles. The summed E-state index contributed by atoms with van der Waals surface area (Å²) in [4.78, 5) is 16.4. The molecule has 0 radical (unpaired) electrons. The van der Waals surface area contributed by atoms with Gasteiger partial charge in [-0.05, 0) is 37.2 Å². The number of amides is 1. The van der Waals surface area contributed by atoms with Crippen molar-refractivity contribution in [2.24, 2.45) is 10.4 Å². The Balaban J connectivity index is 2.54. The highest BCUT2D eigenvalue weighted by molar-refractivity contribution is 5.84. The highest BCUT2D eigenvalue weighted by atomic mass is 16.3. The summed E-state index contributed by atoms with van der Waals surface area (Å²) >= 11 is 0. The number of hydrogen-bond acceptors (Lipinski definition) is 3. The molecule has 0 unspecified atom stereocenters. The monoisotopic (exact) mass is 362 g/mol. The van der Waals surface area contributed by atoms with E-state index in [1.807, 2.05) is 37.3 Å². The van der Waals surface area contributed by atoms with Crippen molar-refractivity contribution in [1.29, 1.82) is 0 Å². The van der Waals surface area contributed by atoms with Gasteiger partial charge in [-0.3, -0.25) is 4.79 Å². The molecule has 0 aliphatic heterocycles. The predicted octanol–water partition coefficient (Wildman–Crippen LogP) is 2.05. The molecule has 0 heterocycles. The van der Waals surface area contributed by atoms with Crippen LogP contribution in [0.25, 0.3) is 0 Å². The van der Waals surface area contributed by atoms with Crippen molar-refractivity contribution in [1.82, 2.24) is 16.0 Å². The van der Waals surface area contributed by atoms with Crippen LogP contribution >= 0.6 is 0 Å². The lowest BCUT2D eigenvalue weighted by molar-refractivity contribution is -0.119. The lowest BCUT2D eigenvalue weighted by Crippen LogP contribution is -2.44. The molecule has 0 saturated heterocycles. The second-order valence-corrected chi connectivity index (χ2v) is 6.49. The van der Waals surface area contributed by atoms with E-state index in [2.05, 4.69) is 34.8 Å². The number of rotatable bonds is 11. The summed E-state index contributed by atoms with van der Waals surface area (Å²) in [6.45, 7) is 8.48. The molecule has 1 amide bonds. The first-order valence-corrected chi connectivity index (χ1v) is 9.52. The van der Waals surface area contributed by atoms with Gasteiger partial charge >= 0.3 is 0 Å². The Morgan fingerprint density at radius 2 is 1.77 bits per heavy atom. The minimum Gasteiger partial charge on any atom is -0.396 e. The average Bonchev–Trinajstić information content (AvgIpc) is 2.68. The van der Waals surface area contributed by atoms with Gasteiger partial charge in [-0.2, -0.15) is 0 Å². The van der Waals surface area contributed by atoms with Gasteiger partial charge in [-0.25, -0.2) is 4.99 Å². The van der Waals surface area contributed by atoms with Gasteiger partial charge < -0.3 is 21.1 Å². The molecule has 6 heteroatoms. The Kier molecular flexibility index (Phi) is 10.4. The Morgan fingerprint density at radius 1 is 1.08 bits per heavy atom. The van der Waals surface area contributed by atoms with Crippen LogP contribution in [-0.4, -0.2) is 43.2 Å². The summed E-state index contributed by atoms with van der Waals surface area (Å²) in [6.07, 6.45) is 2.71. The minimum absolute atomic E-state index is 0.0422. The molecular formula is C20H34N4O2. The maximum absolute atomic E-state index is 12.0. The molecule has 1 rings (SSSR count). The molecule has 0 bridgehead atoms. The van der Waals surface area contributed by atoms with Crippen LogP contribution in [0.5, 0.6) is 0 Å². The molecule has 4 N–H and O–H groups in total. The molecule has 1 aromatic carbocycles. The van der Waals surface area contributed by atoms with Gasteiger partial charge in [0.1, 0.15) is 6.54 Å². The van der Waals surface area contributed by atoms with Crippen molar-refractivity contribution >= 4 is 11.9 Å². The van der Waals surface area contributed by atoms with Crippen LogP contribution < -0.4 is 16.0 Å². The Morgan fingerprint density at radius 3 is 2.35 bits per heavy atom. The number of benzene rings is 1. The lowest BCUT2D eigenvalue weighted by atomic mass is 9.79. The zero-order chi connectivity index (χ0) is 19.3. The fourth-order valence-electron chi connectivity index (χ4n) is 2.80. The van der Waals surface area contributed by atoms with E-state index in [1.165, 1.54) is 0 Å². The van der Waals surface area contributed by atoms with Crippen LogP contribution in [0.15, 0.2) is 35.3 Å². The second kappa shape index (κ2) is 12.3. The van der Waals surface area contributed by atoms with E-state index in [0.717, 1.165) is 37.9 Å². The van der Waals surface area contributed by atoms with E-state index in [-0.39, 0.29) is 24.5 Å². The summed E-state index contributed by atoms with van der Waals surface area (Å²) in [5.41, 5.74) is 1.11. The molecule has 0 aliphatic carbocycles. The first-order valence-electron chi connectivity index (χ1n) is 9.52. The standard InChI is InChI=1S/C20H34N4O2/c1-4-20(5-2,12-13-25)16-24-19(21-6-3)23-15-18(26)22-14-17-10-8-7-9-11-17/h7-11,25H,4-6,12-16H2,1-3H3,(H,22,26)(H2,21,23,24). The zero-order valence-corrected chi connectivity index (χ0v) is 16.3. The van der Waals surface area contributed by atoms with Gasteiger partial charge in [0.15, 0.2) is 5.96 Å². The van der Waals surface area contributed by atoms with Crippen molar-refractivity contribution in [2.45, 2.75) is 46.6 Å². The number of guanidine groups is 1. The average molecular weight is 363 g/mol. The van der Waals surface area contributed by atoms with Gasteiger partial charge in [-0.1, -0.05) is 44.2 Å². The van der Waals surface area contributed by atoms with Crippen molar-refractivity contribution in [2.75, 3.05) is 26.2 Å². The van der Waals surface area contributed by atoms with E-state index >= 15 is 0 Å². The molecule has 0 saturated carbocycles. The largest absolute Gasteiger partial charge is 0.396 e. The molecule has 1 aromatic rings. The number of carbonyl (C=O) groups excluding carboxylic acids is 1. The quantitative estimate of drug-likeness (QED) is 0.358. The first kappa shape index (κ1) is 22.0. The Labute approximate surface area is 157 Å². The van der Waals surface area contributed by atoms with Crippen molar-refractivity contribution in [3.05, 3.63) is 35.9 Å².